The zero-order valence-electron chi connectivity index (χ0n) is 24.8. The Morgan fingerprint density at radius 1 is 1.02 bits per heavy atom. The predicted molar refractivity (Wildman–Crippen MR) is 164 cm³/mol. The Hall–Kier alpha value is -3.59. The highest BCUT2D eigenvalue weighted by atomic mass is 16.5. The lowest BCUT2D eigenvalue weighted by Gasteiger charge is -2.49. The molecule has 0 saturated heterocycles. The molecule has 222 valence electrons. The Bertz CT molecular complexity index is 1390. The molecular weight excluding hydrogens is 528 g/mol. The van der Waals surface area contributed by atoms with Crippen molar-refractivity contribution in [2.45, 2.75) is 69.1 Å². The fourth-order valence-corrected chi connectivity index (χ4v) is 6.72. The molecule has 2 aliphatic rings. The minimum absolute atomic E-state index is 0.00529. The van der Waals surface area contributed by atoms with E-state index in [2.05, 4.69) is 34.6 Å². The predicted octanol–water partition coefficient (Wildman–Crippen LogP) is 5.11. The van der Waals surface area contributed by atoms with Gasteiger partial charge in [-0.1, -0.05) is 54.6 Å². The molecule has 5 rings (SSSR count). The van der Waals surface area contributed by atoms with E-state index < -0.39 is 11.1 Å². The van der Waals surface area contributed by atoms with E-state index in [0.29, 0.717) is 25.1 Å². The number of amides is 2. The van der Waals surface area contributed by atoms with Gasteiger partial charge in [0.1, 0.15) is 12.4 Å². The number of hydrogen-bond donors (Lipinski definition) is 3. The second kappa shape index (κ2) is 12.3. The number of aliphatic hydroxyl groups is 1. The summed E-state index contributed by atoms with van der Waals surface area (Å²) >= 11 is 0. The molecule has 0 unspecified atom stereocenters. The Morgan fingerprint density at radius 2 is 1.67 bits per heavy atom. The number of methoxy groups -OCH3 is 1. The van der Waals surface area contributed by atoms with Crippen molar-refractivity contribution >= 4 is 17.6 Å². The molecule has 0 radical (unpaired) electrons. The quantitative estimate of drug-likeness (QED) is 0.329. The Balaban J connectivity index is 1.27. The van der Waals surface area contributed by atoms with Crippen molar-refractivity contribution in [1.82, 2.24) is 9.88 Å². The van der Waals surface area contributed by atoms with E-state index >= 15 is 0 Å². The molecule has 0 atom stereocenters. The molecule has 8 heteroatoms. The van der Waals surface area contributed by atoms with Gasteiger partial charge < -0.3 is 25.8 Å². The number of likely N-dealkylation sites (N-methyl/N-ethyl adjacent to an activating group) is 1. The number of anilines is 1. The van der Waals surface area contributed by atoms with Gasteiger partial charge in [0.2, 0.25) is 11.8 Å². The van der Waals surface area contributed by atoms with Crippen LogP contribution >= 0.6 is 0 Å². The third-order valence-corrected chi connectivity index (χ3v) is 8.92. The maximum Gasteiger partial charge on any atom is 0.248 e. The van der Waals surface area contributed by atoms with Gasteiger partial charge in [-0.15, -0.1) is 0 Å². The zero-order valence-corrected chi connectivity index (χ0v) is 24.8. The summed E-state index contributed by atoms with van der Waals surface area (Å²) in [7, 11) is 3.37. The van der Waals surface area contributed by atoms with Crippen LogP contribution in [0.3, 0.4) is 0 Å². The van der Waals surface area contributed by atoms with Crippen LogP contribution in [0.4, 0.5) is 5.82 Å². The summed E-state index contributed by atoms with van der Waals surface area (Å²) in [5.41, 5.74) is 10.3. The number of carbonyl (C=O) groups excluding carboxylic acids is 2. The monoisotopic (exact) mass is 570 g/mol. The number of rotatable bonds is 9. The van der Waals surface area contributed by atoms with E-state index in [1.54, 1.807) is 4.90 Å². The summed E-state index contributed by atoms with van der Waals surface area (Å²) in [4.78, 5) is 31.6. The second-order valence-corrected chi connectivity index (χ2v) is 12.4. The highest BCUT2D eigenvalue weighted by Crippen LogP contribution is 2.46. The summed E-state index contributed by atoms with van der Waals surface area (Å²) < 4.78 is 4.98. The van der Waals surface area contributed by atoms with E-state index in [1.807, 2.05) is 56.6 Å². The Kier molecular flexibility index (Phi) is 8.78. The molecule has 0 spiro atoms. The molecule has 8 nitrogen and oxygen atoms in total. The molecule has 2 saturated carbocycles. The first-order chi connectivity index (χ1) is 20.1. The fraction of sp³-hybridized carbons (Fsp3) is 0.441. The lowest BCUT2D eigenvalue weighted by Crippen LogP contribution is -2.58. The van der Waals surface area contributed by atoms with E-state index in [-0.39, 0.29) is 30.4 Å². The van der Waals surface area contributed by atoms with Crippen molar-refractivity contribution in [1.29, 1.82) is 0 Å². The minimum atomic E-state index is -0.710. The lowest BCUT2D eigenvalue weighted by molar-refractivity contribution is -0.136. The molecule has 3 aromatic rings. The molecule has 0 aliphatic heterocycles. The number of nitrogens with one attached hydrogen (secondary N) is 1. The SMILES string of the molecule is COCC(=O)N(C)[C@H]1CC[C@H](CC(=O)Nc2cc(-c3ccccc3)c(-c3ccc([C@]4(N)C[C@](C)(O)C4)cc3)cn2)CC1. The van der Waals surface area contributed by atoms with E-state index in [0.717, 1.165) is 53.5 Å². The smallest absolute Gasteiger partial charge is 0.248 e. The van der Waals surface area contributed by atoms with Crippen molar-refractivity contribution in [2.75, 3.05) is 26.1 Å². The zero-order chi connectivity index (χ0) is 29.9. The standard InChI is InChI=1S/C34H42N4O4/c1-33(41)21-34(35,22-33)26-13-11-25(12-14-26)29-19-36-30(18-28(29)24-7-5-4-6-8-24)37-31(39)17-23-9-15-27(16-10-23)38(2)32(40)20-42-3/h4-8,11-14,18-19,23,27,41H,9-10,15-17,20-22,35H2,1-3H3,(H,36,37,39)/t23-,27-,33-,34-. The fourth-order valence-electron chi connectivity index (χ4n) is 6.72. The number of carbonyl (C=O) groups is 2. The van der Waals surface area contributed by atoms with Crippen molar-refractivity contribution in [3.63, 3.8) is 0 Å². The van der Waals surface area contributed by atoms with Crippen LogP contribution in [0.1, 0.15) is 57.4 Å². The van der Waals surface area contributed by atoms with Crippen LogP contribution in [0.15, 0.2) is 66.9 Å². The van der Waals surface area contributed by atoms with Crippen LogP contribution in [0.5, 0.6) is 0 Å². The largest absolute Gasteiger partial charge is 0.390 e. The summed E-state index contributed by atoms with van der Waals surface area (Å²) in [6.45, 7) is 1.92. The van der Waals surface area contributed by atoms with Crippen molar-refractivity contribution in [3.05, 3.63) is 72.4 Å². The number of aromatic nitrogens is 1. The van der Waals surface area contributed by atoms with Crippen LogP contribution in [0.25, 0.3) is 22.3 Å². The van der Waals surface area contributed by atoms with Gasteiger partial charge in [-0.3, -0.25) is 9.59 Å². The van der Waals surface area contributed by atoms with Gasteiger partial charge >= 0.3 is 0 Å². The molecule has 1 aromatic heterocycles. The molecule has 2 aromatic carbocycles. The van der Waals surface area contributed by atoms with Gasteiger partial charge in [-0.25, -0.2) is 4.98 Å². The van der Waals surface area contributed by atoms with Gasteiger partial charge in [0.15, 0.2) is 0 Å². The first-order valence-corrected chi connectivity index (χ1v) is 14.8. The molecule has 0 bridgehead atoms. The number of ether oxygens (including phenoxy) is 1. The first-order valence-electron chi connectivity index (χ1n) is 14.8. The summed E-state index contributed by atoms with van der Waals surface area (Å²) in [6, 6.07) is 20.4. The number of pyridine rings is 1. The van der Waals surface area contributed by atoms with E-state index in [9.17, 15) is 14.7 Å². The van der Waals surface area contributed by atoms with Crippen molar-refractivity contribution in [2.24, 2.45) is 11.7 Å². The van der Waals surface area contributed by atoms with Gasteiger partial charge in [0.05, 0.1) is 5.60 Å². The van der Waals surface area contributed by atoms with Crippen LogP contribution < -0.4 is 11.1 Å². The van der Waals surface area contributed by atoms with Crippen LogP contribution in [0.2, 0.25) is 0 Å². The molecule has 1 heterocycles. The molecule has 2 amide bonds. The van der Waals surface area contributed by atoms with E-state index in [4.69, 9.17) is 10.5 Å². The average molecular weight is 571 g/mol. The van der Waals surface area contributed by atoms with Gasteiger partial charge in [-0.2, -0.15) is 0 Å². The minimum Gasteiger partial charge on any atom is -0.390 e. The lowest BCUT2D eigenvalue weighted by atomic mass is 9.63. The summed E-state index contributed by atoms with van der Waals surface area (Å²) in [5, 5.41) is 13.2. The van der Waals surface area contributed by atoms with Gasteiger partial charge in [0.25, 0.3) is 0 Å². The average Bonchev–Trinajstić information content (AvgIpc) is 2.97. The summed E-state index contributed by atoms with van der Waals surface area (Å²) in [5.74, 6) is 0.754. The topological polar surface area (TPSA) is 118 Å². The number of nitrogens with zero attached hydrogens (tertiary/aromatic N) is 2. The van der Waals surface area contributed by atoms with Crippen molar-refractivity contribution < 1.29 is 19.4 Å². The number of benzene rings is 2. The maximum atomic E-state index is 13.0. The van der Waals surface area contributed by atoms with E-state index in [1.165, 1.54) is 7.11 Å². The Labute approximate surface area is 248 Å². The molecule has 42 heavy (non-hydrogen) atoms. The molecule has 2 fully saturated rings. The number of hydrogen-bond acceptors (Lipinski definition) is 6. The molecule has 2 aliphatic carbocycles. The first kappa shape index (κ1) is 29.9. The number of nitrogens with two attached hydrogens (primary N) is 1. The maximum absolute atomic E-state index is 13.0. The van der Waals surface area contributed by atoms with Crippen LogP contribution in [-0.4, -0.2) is 59.2 Å². The highest BCUT2D eigenvalue weighted by Gasteiger charge is 2.49. The normalized spacial score (nSPS) is 25.4. The third-order valence-electron chi connectivity index (χ3n) is 8.92. The highest BCUT2D eigenvalue weighted by molar-refractivity contribution is 5.92. The van der Waals surface area contributed by atoms with Gasteiger partial charge in [0, 0.05) is 43.9 Å². The molecular formula is C34H42N4O4. The van der Waals surface area contributed by atoms with Crippen molar-refractivity contribution in [3.8, 4) is 22.3 Å². The molecule has 4 N–H and O–H groups in total. The summed E-state index contributed by atoms with van der Waals surface area (Å²) in [6.07, 6.45) is 6.91. The Morgan fingerprint density at radius 3 is 2.29 bits per heavy atom. The van der Waals surface area contributed by atoms with Gasteiger partial charge in [-0.05, 0) is 79.7 Å². The second-order valence-electron chi connectivity index (χ2n) is 12.4. The van der Waals surface area contributed by atoms with Crippen LogP contribution in [0, 0.1) is 5.92 Å². The third kappa shape index (κ3) is 6.72. The van der Waals surface area contributed by atoms with Crippen LogP contribution in [-0.2, 0) is 19.9 Å².